The highest BCUT2D eigenvalue weighted by atomic mass is 79.9. The monoisotopic (exact) mass is 385 g/mol. The normalized spacial score (nSPS) is 10.4. The molecule has 24 heavy (non-hydrogen) atoms. The molecule has 122 valence electrons. The maximum Gasteiger partial charge on any atom is 0.262 e. The summed E-state index contributed by atoms with van der Waals surface area (Å²) in [5.74, 6) is 1.09. The second-order valence-corrected chi connectivity index (χ2v) is 5.96. The Balaban J connectivity index is 1.67. The van der Waals surface area contributed by atoms with Crippen molar-refractivity contribution in [1.82, 2.24) is 0 Å². The molecule has 0 saturated carbocycles. The molecule has 5 heteroatoms. The van der Waals surface area contributed by atoms with Crippen LogP contribution in [0.15, 0.2) is 65.1 Å². The predicted octanol–water partition coefficient (Wildman–Crippen LogP) is 4.63. The first-order valence-electron chi connectivity index (χ1n) is 7.41. The lowest BCUT2D eigenvalue weighted by molar-refractivity contribution is -0.118. The molecule has 0 radical (unpaired) electrons. The number of anilines is 1. The average molecular weight is 386 g/mol. The minimum Gasteiger partial charge on any atom is -0.497 e. The van der Waals surface area contributed by atoms with Crippen LogP contribution in [0.5, 0.6) is 11.5 Å². The first-order valence-corrected chi connectivity index (χ1v) is 8.20. The van der Waals surface area contributed by atoms with Crippen LogP contribution in [0, 0.1) is 0 Å². The van der Waals surface area contributed by atoms with E-state index in [1.54, 1.807) is 19.2 Å². The number of amides is 1. The van der Waals surface area contributed by atoms with Gasteiger partial charge in [0.1, 0.15) is 11.5 Å². The maximum absolute atomic E-state index is 12.1. The van der Waals surface area contributed by atoms with Gasteiger partial charge in [0.25, 0.3) is 5.91 Å². The summed E-state index contributed by atoms with van der Waals surface area (Å²) < 4.78 is 11.6. The minimum absolute atomic E-state index is 0.0752. The van der Waals surface area contributed by atoms with Crippen molar-refractivity contribution in [3.8, 4) is 11.5 Å². The molecule has 0 saturated heterocycles. The molecule has 0 aromatic heterocycles. The van der Waals surface area contributed by atoms with Gasteiger partial charge in [0.15, 0.2) is 6.61 Å². The Kier molecular flexibility index (Phi) is 5.01. The summed E-state index contributed by atoms with van der Waals surface area (Å²) in [6.45, 7) is -0.0752. The lowest BCUT2D eigenvalue weighted by Gasteiger charge is -2.11. The van der Waals surface area contributed by atoms with Crippen LogP contribution in [0.3, 0.4) is 0 Å². The van der Waals surface area contributed by atoms with Crippen LogP contribution in [0.25, 0.3) is 10.8 Å². The van der Waals surface area contributed by atoms with Gasteiger partial charge in [0.05, 0.1) is 11.6 Å². The minimum atomic E-state index is -0.233. The number of hydrogen-bond donors (Lipinski definition) is 1. The predicted molar refractivity (Wildman–Crippen MR) is 98.8 cm³/mol. The largest absolute Gasteiger partial charge is 0.497 e. The van der Waals surface area contributed by atoms with E-state index in [4.69, 9.17) is 9.47 Å². The number of carbonyl (C=O) groups excluding carboxylic acids is 1. The standard InChI is InChI=1S/C19H16BrNO3/c1-23-15-7-4-6-14(11-15)21-18(22)12-24-17-10-9-13-5-2-3-8-16(13)19(17)20/h2-11H,12H2,1H3,(H,21,22). The van der Waals surface area contributed by atoms with Crippen LogP contribution >= 0.6 is 15.9 Å². The summed E-state index contributed by atoms with van der Waals surface area (Å²) in [7, 11) is 1.58. The number of carbonyl (C=O) groups is 1. The smallest absolute Gasteiger partial charge is 0.262 e. The summed E-state index contributed by atoms with van der Waals surface area (Å²) in [4.78, 5) is 12.1. The Hall–Kier alpha value is -2.53. The molecule has 0 bridgehead atoms. The Morgan fingerprint density at radius 3 is 2.75 bits per heavy atom. The van der Waals surface area contributed by atoms with Crippen LogP contribution in [0.2, 0.25) is 0 Å². The summed E-state index contributed by atoms with van der Waals surface area (Å²) >= 11 is 3.54. The van der Waals surface area contributed by atoms with Gasteiger partial charge in [-0.25, -0.2) is 0 Å². The molecule has 3 rings (SSSR count). The fraction of sp³-hybridized carbons (Fsp3) is 0.105. The van der Waals surface area contributed by atoms with Crippen molar-refractivity contribution in [3.63, 3.8) is 0 Å². The van der Waals surface area contributed by atoms with Crippen molar-refractivity contribution in [2.45, 2.75) is 0 Å². The zero-order valence-electron chi connectivity index (χ0n) is 13.1. The molecule has 0 spiro atoms. The van der Waals surface area contributed by atoms with E-state index in [9.17, 15) is 4.79 Å². The Bertz CT molecular complexity index is 879. The number of hydrogen-bond acceptors (Lipinski definition) is 3. The van der Waals surface area contributed by atoms with E-state index in [1.165, 1.54) is 0 Å². The zero-order valence-corrected chi connectivity index (χ0v) is 14.7. The van der Waals surface area contributed by atoms with Crippen LogP contribution in [-0.4, -0.2) is 19.6 Å². The van der Waals surface area contributed by atoms with E-state index in [1.807, 2.05) is 48.5 Å². The molecule has 4 nitrogen and oxygen atoms in total. The second kappa shape index (κ2) is 7.36. The maximum atomic E-state index is 12.1. The van der Waals surface area contributed by atoms with Crippen molar-refractivity contribution in [1.29, 1.82) is 0 Å². The SMILES string of the molecule is COc1cccc(NC(=O)COc2ccc3ccccc3c2Br)c1. The van der Waals surface area contributed by atoms with Crippen LogP contribution in [0.4, 0.5) is 5.69 Å². The third-order valence-corrected chi connectivity index (χ3v) is 4.36. The van der Waals surface area contributed by atoms with E-state index in [0.717, 1.165) is 15.2 Å². The molecular weight excluding hydrogens is 370 g/mol. The quantitative estimate of drug-likeness (QED) is 0.696. The van der Waals surface area contributed by atoms with Crippen molar-refractivity contribution in [2.75, 3.05) is 19.0 Å². The molecule has 0 unspecified atom stereocenters. The lowest BCUT2D eigenvalue weighted by Crippen LogP contribution is -2.20. The first kappa shape index (κ1) is 16.3. The molecule has 0 aliphatic rings. The summed E-state index contributed by atoms with van der Waals surface area (Å²) in [6.07, 6.45) is 0. The van der Waals surface area contributed by atoms with E-state index in [2.05, 4.69) is 21.2 Å². The van der Waals surface area contributed by atoms with Crippen LogP contribution < -0.4 is 14.8 Å². The van der Waals surface area contributed by atoms with Gasteiger partial charge in [-0.15, -0.1) is 0 Å². The Labute approximate surface area is 148 Å². The van der Waals surface area contributed by atoms with E-state index in [-0.39, 0.29) is 12.5 Å². The van der Waals surface area contributed by atoms with Gasteiger partial charge in [-0.3, -0.25) is 4.79 Å². The van der Waals surface area contributed by atoms with Gasteiger partial charge >= 0.3 is 0 Å². The Morgan fingerprint density at radius 1 is 1.08 bits per heavy atom. The molecule has 1 amide bonds. The average Bonchev–Trinajstić information content (AvgIpc) is 2.61. The first-order chi connectivity index (χ1) is 11.7. The number of nitrogens with one attached hydrogen (secondary N) is 1. The molecule has 3 aromatic rings. The van der Waals surface area contributed by atoms with Gasteiger partial charge in [0.2, 0.25) is 0 Å². The lowest BCUT2D eigenvalue weighted by atomic mass is 10.1. The van der Waals surface area contributed by atoms with Gasteiger partial charge in [0, 0.05) is 11.8 Å². The summed E-state index contributed by atoms with van der Waals surface area (Å²) in [6, 6.07) is 19.0. The third-order valence-electron chi connectivity index (χ3n) is 3.54. The fourth-order valence-corrected chi connectivity index (χ4v) is 2.97. The number of methoxy groups -OCH3 is 1. The van der Waals surface area contributed by atoms with E-state index < -0.39 is 0 Å². The highest BCUT2D eigenvalue weighted by Gasteiger charge is 2.09. The topological polar surface area (TPSA) is 47.6 Å². The fourth-order valence-electron chi connectivity index (χ4n) is 2.37. The van der Waals surface area contributed by atoms with Crippen molar-refractivity contribution >= 4 is 38.3 Å². The highest BCUT2D eigenvalue weighted by molar-refractivity contribution is 9.10. The molecular formula is C19H16BrNO3. The zero-order chi connectivity index (χ0) is 16.9. The van der Waals surface area contributed by atoms with Crippen molar-refractivity contribution < 1.29 is 14.3 Å². The highest BCUT2D eigenvalue weighted by Crippen LogP contribution is 2.33. The van der Waals surface area contributed by atoms with E-state index >= 15 is 0 Å². The third kappa shape index (κ3) is 3.68. The Morgan fingerprint density at radius 2 is 1.92 bits per heavy atom. The summed E-state index contributed by atoms with van der Waals surface area (Å²) in [5, 5.41) is 4.94. The van der Waals surface area contributed by atoms with Crippen molar-refractivity contribution in [3.05, 3.63) is 65.1 Å². The number of halogens is 1. The number of ether oxygens (including phenoxy) is 2. The van der Waals surface area contributed by atoms with Gasteiger partial charge in [-0.2, -0.15) is 0 Å². The van der Waals surface area contributed by atoms with Gasteiger partial charge in [-0.1, -0.05) is 36.4 Å². The van der Waals surface area contributed by atoms with Crippen LogP contribution in [0.1, 0.15) is 0 Å². The summed E-state index contributed by atoms with van der Waals surface area (Å²) in [5.41, 5.74) is 0.667. The molecule has 1 N–H and O–H groups in total. The molecule has 0 atom stereocenters. The molecule has 0 aliphatic heterocycles. The molecule has 0 aliphatic carbocycles. The van der Waals surface area contributed by atoms with Gasteiger partial charge in [-0.05, 0) is 44.9 Å². The van der Waals surface area contributed by atoms with Gasteiger partial charge < -0.3 is 14.8 Å². The van der Waals surface area contributed by atoms with Crippen molar-refractivity contribution in [2.24, 2.45) is 0 Å². The number of benzene rings is 3. The molecule has 0 fully saturated rings. The second-order valence-electron chi connectivity index (χ2n) is 5.17. The molecule has 3 aromatic carbocycles. The number of fused-ring (bicyclic) bond motifs is 1. The van der Waals surface area contributed by atoms with Crippen LogP contribution in [-0.2, 0) is 4.79 Å². The molecule has 0 heterocycles. The van der Waals surface area contributed by atoms with E-state index in [0.29, 0.717) is 17.2 Å². The number of rotatable bonds is 5.